The number of nitriles is 1. The van der Waals surface area contributed by atoms with Gasteiger partial charge in [-0.15, -0.1) is 0 Å². The first kappa shape index (κ1) is 25.1. The molecule has 2 N–H and O–H groups in total. The van der Waals surface area contributed by atoms with Crippen LogP contribution in [0.3, 0.4) is 0 Å². The Kier molecular flexibility index (Phi) is 7.86. The van der Waals surface area contributed by atoms with E-state index < -0.39 is 44.2 Å². The van der Waals surface area contributed by atoms with E-state index in [1.165, 1.54) is 12.3 Å². The van der Waals surface area contributed by atoms with Gasteiger partial charge in [0.05, 0.1) is 27.4 Å². The molecule has 0 saturated carbocycles. The zero-order chi connectivity index (χ0) is 24.2. The number of nitrogens with one attached hydrogen (secondary N) is 2. The first-order chi connectivity index (χ1) is 14.8. The van der Waals surface area contributed by atoms with E-state index in [1.807, 2.05) is 13.8 Å². The zero-order valence-electron chi connectivity index (χ0n) is 16.7. The Labute approximate surface area is 188 Å². The lowest BCUT2D eigenvalue weighted by Gasteiger charge is -2.25. The number of hydroxylamine groups is 1. The van der Waals surface area contributed by atoms with Crippen LogP contribution in [0.2, 0.25) is 0 Å². The largest absolute Gasteiger partial charge is 0.444 e. The third-order valence-electron chi connectivity index (χ3n) is 3.89. The Morgan fingerprint density at radius 2 is 2.12 bits per heavy atom. The topological polar surface area (TPSA) is 138 Å². The summed E-state index contributed by atoms with van der Waals surface area (Å²) < 4.78 is 41.0. The summed E-state index contributed by atoms with van der Waals surface area (Å²) in [4.78, 5) is 38.2. The highest BCUT2D eigenvalue weighted by molar-refractivity contribution is 8.04. The lowest BCUT2D eigenvalue weighted by Crippen LogP contribution is -2.38. The summed E-state index contributed by atoms with van der Waals surface area (Å²) >= 11 is 1.21. The third kappa shape index (κ3) is 5.98. The van der Waals surface area contributed by atoms with Crippen molar-refractivity contribution in [1.29, 1.82) is 5.26 Å². The fourth-order valence-electron chi connectivity index (χ4n) is 2.39. The molecule has 2 amide bonds. The van der Waals surface area contributed by atoms with Crippen molar-refractivity contribution >= 4 is 41.4 Å². The second kappa shape index (κ2) is 10.0. The lowest BCUT2D eigenvalue weighted by atomic mass is 10.1. The number of benzene rings is 1. The molecule has 0 aliphatic carbocycles. The molecule has 0 saturated heterocycles. The predicted octanol–water partition coefficient (Wildman–Crippen LogP) is 3.75. The minimum Gasteiger partial charge on any atom is -0.329 e. The number of alkyl halides is 3. The standard InChI is InChI=1S/C17H16F3N5O5S2/c1-8(2)13-15(26)22-7-12(31-13)23-30-16(27)24(3)32-14-10(17(18,19)20)4-9(6-21)5-11(14)25(28)29/h4-5,7-8,13,23H,1-3H3,(H,22,26). The van der Waals surface area contributed by atoms with Crippen LogP contribution in [0.5, 0.6) is 0 Å². The van der Waals surface area contributed by atoms with E-state index in [4.69, 9.17) is 10.1 Å². The van der Waals surface area contributed by atoms with E-state index in [0.29, 0.717) is 16.4 Å². The molecule has 0 radical (unpaired) electrons. The molecule has 1 aliphatic rings. The molecule has 0 spiro atoms. The first-order valence-corrected chi connectivity index (χ1v) is 10.4. The summed E-state index contributed by atoms with van der Waals surface area (Å²) in [5.74, 6) is -0.264. The second-order valence-electron chi connectivity index (χ2n) is 6.60. The fraction of sp³-hybridized carbons (Fsp3) is 0.353. The quantitative estimate of drug-likeness (QED) is 0.346. The molecule has 0 fully saturated rings. The molecule has 0 aromatic heterocycles. The Hall–Kier alpha value is -3.12. The lowest BCUT2D eigenvalue weighted by molar-refractivity contribution is -0.388. The maximum Gasteiger partial charge on any atom is 0.444 e. The third-order valence-corrected chi connectivity index (χ3v) is 6.39. The SMILES string of the molecule is CC(C)C1SC(NOC(=O)N(C)Sc2c([N+](=O)[O-])cc(C#N)cc2C(F)(F)F)=CNC1=O. The molecular weight excluding hydrogens is 475 g/mol. The fourth-order valence-corrected chi connectivity index (χ4v) is 4.21. The van der Waals surface area contributed by atoms with Crippen molar-refractivity contribution in [3.63, 3.8) is 0 Å². The zero-order valence-corrected chi connectivity index (χ0v) is 18.4. The molecule has 1 unspecified atom stereocenters. The molecule has 1 aromatic rings. The van der Waals surface area contributed by atoms with Gasteiger partial charge in [-0.25, -0.2) is 14.6 Å². The van der Waals surface area contributed by atoms with Gasteiger partial charge in [-0.3, -0.25) is 14.9 Å². The molecule has 1 aliphatic heterocycles. The van der Waals surface area contributed by atoms with Gasteiger partial charge in [-0.05, 0) is 12.0 Å². The number of amides is 2. The van der Waals surface area contributed by atoms with Crippen LogP contribution in [0.1, 0.15) is 25.0 Å². The number of rotatable bonds is 6. The van der Waals surface area contributed by atoms with E-state index in [-0.39, 0.29) is 28.8 Å². The Bertz CT molecular complexity index is 1010. The van der Waals surface area contributed by atoms with E-state index in [1.54, 1.807) is 0 Å². The molecule has 32 heavy (non-hydrogen) atoms. The van der Waals surface area contributed by atoms with Crippen LogP contribution >= 0.6 is 23.7 Å². The maximum atomic E-state index is 13.4. The molecular formula is C17H16F3N5O5S2. The van der Waals surface area contributed by atoms with Crippen LogP contribution < -0.4 is 10.8 Å². The highest BCUT2D eigenvalue weighted by Gasteiger charge is 2.39. The van der Waals surface area contributed by atoms with Crippen LogP contribution in [-0.4, -0.2) is 33.5 Å². The number of thioether (sulfide) groups is 1. The summed E-state index contributed by atoms with van der Waals surface area (Å²) in [6.45, 7) is 3.64. The second-order valence-corrected chi connectivity index (χ2v) is 8.92. The minimum absolute atomic E-state index is 0.0304. The van der Waals surface area contributed by atoms with Crippen LogP contribution in [0, 0.1) is 27.4 Å². The Morgan fingerprint density at radius 1 is 1.47 bits per heavy atom. The maximum absolute atomic E-state index is 13.4. The van der Waals surface area contributed by atoms with Gasteiger partial charge in [0, 0.05) is 31.3 Å². The summed E-state index contributed by atoms with van der Waals surface area (Å²) in [6.07, 6.45) is -4.92. The van der Waals surface area contributed by atoms with E-state index in [2.05, 4.69) is 10.8 Å². The van der Waals surface area contributed by atoms with Gasteiger partial charge in [0.2, 0.25) is 5.91 Å². The van der Waals surface area contributed by atoms with Crippen molar-refractivity contribution in [1.82, 2.24) is 15.1 Å². The molecule has 1 heterocycles. The molecule has 0 bridgehead atoms. The molecule has 172 valence electrons. The molecule has 2 rings (SSSR count). The van der Waals surface area contributed by atoms with Crippen LogP contribution in [0.15, 0.2) is 28.3 Å². The van der Waals surface area contributed by atoms with Crippen LogP contribution in [0.25, 0.3) is 0 Å². The van der Waals surface area contributed by atoms with Gasteiger partial charge in [0.15, 0.2) is 0 Å². The summed E-state index contributed by atoms with van der Waals surface area (Å²) in [7, 11) is 1.05. The van der Waals surface area contributed by atoms with Crippen molar-refractivity contribution in [2.75, 3.05) is 7.05 Å². The average molecular weight is 491 g/mol. The van der Waals surface area contributed by atoms with Gasteiger partial charge in [-0.2, -0.15) is 18.4 Å². The van der Waals surface area contributed by atoms with E-state index in [0.717, 1.165) is 18.8 Å². The van der Waals surface area contributed by atoms with Gasteiger partial charge >= 0.3 is 12.3 Å². The van der Waals surface area contributed by atoms with Crippen LogP contribution in [0.4, 0.5) is 23.7 Å². The number of nitro benzene ring substituents is 1. The monoisotopic (exact) mass is 491 g/mol. The number of carbonyl (C=O) groups is 2. The normalized spacial score (nSPS) is 16.0. The van der Waals surface area contributed by atoms with Crippen molar-refractivity contribution in [3.05, 3.63) is 44.6 Å². The highest BCUT2D eigenvalue weighted by atomic mass is 32.2. The number of nitrogens with zero attached hydrogens (tertiary/aromatic N) is 3. The van der Waals surface area contributed by atoms with Gasteiger partial charge in [0.1, 0.15) is 9.92 Å². The summed E-state index contributed by atoms with van der Waals surface area (Å²) in [6, 6.07) is 2.59. The highest BCUT2D eigenvalue weighted by Crippen LogP contribution is 2.43. The van der Waals surface area contributed by atoms with Gasteiger partial charge < -0.3 is 10.2 Å². The van der Waals surface area contributed by atoms with Crippen molar-refractivity contribution in [2.45, 2.75) is 30.2 Å². The van der Waals surface area contributed by atoms with Crippen molar-refractivity contribution in [3.8, 4) is 6.07 Å². The van der Waals surface area contributed by atoms with E-state index >= 15 is 0 Å². The first-order valence-electron chi connectivity index (χ1n) is 8.70. The predicted molar refractivity (Wildman–Crippen MR) is 108 cm³/mol. The number of carbonyl (C=O) groups excluding carboxylic acids is 2. The average Bonchev–Trinajstić information content (AvgIpc) is 2.71. The molecule has 15 heteroatoms. The Balaban J connectivity index is 2.19. The molecule has 10 nitrogen and oxygen atoms in total. The number of hydrogen-bond donors (Lipinski definition) is 2. The van der Waals surface area contributed by atoms with E-state index in [9.17, 15) is 32.9 Å². The smallest absolute Gasteiger partial charge is 0.329 e. The minimum atomic E-state index is -5.02. The number of hydrogen-bond acceptors (Lipinski definition) is 9. The van der Waals surface area contributed by atoms with Crippen LogP contribution in [-0.2, 0) is 15.8 Å². The molecule has 1 aromatic carbocycles. The number of halogens is 3. The van der Waals surface area contributed by atoms with Crippen molar-refractivity contribution < 1.29 is 32.5 Å². The van der Waals surface area contributed by atoms with Gasteiger partial charge in [-0.1, -0.05) is 25.6 Å². The van der Waals surface area contributed by atoms with Crippen molar-refractivity contribution in [2.24, 2.45) is 5.92 Å². The van der Waals surface area contributed by atoms with Gasteiger partial charge in [0.25, 0.3) is 5.69 Å². The Morgan fingerprint density at radius 3 is 2.66 bits per heavy atom. The summed E-state index contributed by atoms with van der Waals surface area (Å²) in [5, 5.41) is 22.5. The molecule has 1 atom stereocenters. The summed E-state index contributed by atoms with van der Waals surface area (Å²) in [5.41, 5.74) is -0.673. The number of nitro groups is 1.